The topological polar surface area (TPSA) is 37.4 Å². The molecule has 1 aliphatic carbocycles. The minimum atomic E-state index is 0.634. The van der Waals surface area contributed by atoms with Crippen LogP contribution in [0.2, 0.25) is 0 Å². The Hall–Kier alpha value is -0.810. The first-order valence-corrected chi connectivity index (χ1v) is 8.32. The minimum Gasteiger partial charge on any atom is -0.480 e. The summed E-state index contributed by atoms with van der Waals surface area (Å²) >= 11 is 1.71. The summed E-state index contributed by atoms with van der Waals surface area (Å²) in [4.78, 5) is 7.73. The quantitative estimate of drug-likeness (QED) is 0.875. The maximum Gasteiger partial charge on any atom is 0.230 e. The molecule has 2 rings (SSSR count). The first-order chi connectivity index (χ1) is 9.56. The zero-order valence-electron chi connectivity index (χ0n) is 13.3. The van der Waals surface area contributed by atoms with Gasteiger partial charge >= 0.3 is 0 Å². The van der Waals surface area contributed by atoms with Crippen molar-refractivity contribution in [1.29, 1.82) is 0 Å². The standard InChI is InChI=1S/C15H27N3OS/c1-6-11-7-8-12(10(11)2)16-9-13-14(19-5)17-15(20-13)18(3)4/h10-12,16H,6-9H2,1-5H3. The summed E-state index contributed by atoms with van der Waals surface area (Å²) in [5.41, 5.74) is 0. The number of nitrogens with zero attached hydrogens (tertiary/aromatic N) is 2. The molecule has 0 bridgehead atoms. The van der Waals surface area contributed by atoms with Gasteiger partial charge in [0.1, 0.15) is 0 Å². The molecule has 0 amide bonds. The van der Waals surface area contributed by atoms with E-state index in [0.717, 1.165) is 29.4 Å². The summed E-state index contributed by atoms with van der Waals surface area (Å²) in [6, 6.07) is 0.634. The van der Waals surface area contributed by atoms with Crippen molar-refractivity contribution in [3.63, 3.8) is 0 Å². The predicted octanol–water partition coefficient (Wildman–Crippen LogP) is 3.13. The Balaban J connectivity index is 1.97. The third-order valence-electron chi connectivity index (χ3n) is 4.50. The Morgan fingerprint density at radius 3 is 2.70 bits per heavy atom. The summed E-state index contributed by atoms with van der Waals surface area (Å²) in [6.07, 6.45) is 3.95. The molecule has 0 aromatic carbocycles. The van der Waals surface area contributed by atoms with E-state index in [9.17, 15) is 0 Å². The lowest BCUT2D eigenvalue weighted by Gasteiger charge is -2.20. The number of thiazole rings is 1. The lowest BCUT2D eigenvalue weighted by atomic mass is 9.93. The van der Waals surface area contributed by atoms with Crippen molar-refractivity contribution < 1.29 is 4.74 Å². The zero-order valence-corrected chi connectivity index (χ0v) is 14.1. The van der Waals surface area contributed by atoms with Crippen LogP contribution < -0.4 is 15.0 Å². The molecule has 1 N–H and O–H groups in total. The monoisotopic (exact) mass is 297 g/mol. The smallest absolute Gasteiger partial charge is 0.230 e. The van der Waals surface area contributed by atoms with Gasteiger partial charge in [0.05, 0.1) is 12.0 Å². The molecule has 3 unspecified atom stereocenters. The van der Waals surface area contributed by atoms with Crippen LogP contribution in [-0.4, -0.2) is 32.2 Å². The van der Waals surface area contributed by atoms with Gasteiger partial charge in [-0.3, -0.25) is 0 Å². The lowest BCUT2D eigenvalue weighted by molar-refractivity contribution is 0.341. The second-order valence-electron chi connectivity index (χ2n) is 5.92. The van der Waals surface area contributed by atoms with Crippen molar-refractivity contribution in [3.8, 4) is 5.88 Å². The van der Waals surface area contributed by atoms with Crippen molar-refractivity contribution >= 4 is 16.5 Å². The van der Waals surface area contributed by atoms with Crippen molar-refractivity contribution in [2.45, 2.75) is 45.7 Å². The highest BCUT2D eigenvalue weighted by Crippen LogP contribution is 2.35. The summed E-state index contributed by atoms with van der Waals surface area (Å²) in [5.74, 6) is 2.42. The molecule has 1 aromatic heterocycles. The lowest BCUT2D eigenvalue weighted by Crippen LogP contribution is -2.32. The van der Waals surface area contributed by atoms with E-state index in [1.165, 1.54) is 24.1 Å². The second kappa shape index (κ2) is 6.76. The molecule has 3 atom stereocenters. The van der Waals surface area contributed by atoms with Gasteiger partial charge in [-0.05, 0) is 24.7 Å². The fourth-order valence-corrected chi connectivity index (χ4v) is 4.03. The molecule has 114 valence electrons. The SMILES string of the molecule is CCC1CCC(NCc2sc(N(C)C)nc2OC)C1C. The van der Waals surface area contributed by atoms with E-state index in [0.29, 0.717) is 6.04 Å². The molecule has 20 heavy (non-hydrogen) atoms. The minimum absolute atomic E-state index is 0.634. The Labute approximate surface area is 126 Å². The van der Waals surface area contributed by atoms with Crippen molar-refractivity contribution in [2.75, 3.05) is 26.1 Å². The van der Waals surface area contributed by atoms with Gasteiger partial charge in [-0.25, -0.2) is 0 Å². The summed E-state index contributed by atoms with van der Waals surface area (Å²) in [5, 5.41) is 4.72. The van der Waals surface area contributed by atoms with Crippen LogP contribution in [0.5, 0.6) is 5.88 Å². The molecule has 4 nitrogen and oxygen atoms in total. The van der Waals surface area contributed by atoms with Crippen LogP contribution in [0.25, 0.3) is 0 Å². The van der Waals surface area contributed by atoms with Crippen molar-refractivity contribution in [3.05, 3.63) is 4.88 Å². The van der Waals surface area contributed by atoms with E-state index < -0.39 is 0 Å². The largest absolute Gasteiger partial charge is 0.480 e. The molecule has 0 aliphatic heterocycles. The number of methoxy groups -OCH3 is 1. The number of aromatic nitrogens is 1. The molecule has 1 aliphatic rings. The maximum absolute atomic E-state index is 5.39. The molecule has 5 heteroatoms. The van der Waals surface area contributed by atoms with E-state index in [1.807, 2.05) is 19.0 Å². The number of anilines is 1. The summed E-state index contributed by atoms with van der Waals surface area (Å²) in [7, 11) is 5.73. The van der Waals surface area contributed by atoms with Crippen LogP contribution in [0, 0.1) is 11.8 Å². The van der Waals surface area contributed by atoms with E-state index in [4.69, 9.17) is 4.74 Å². The zero-order chi connectivity index (χ0) is 14.7. The summed E-state index contributed by atoms with van der Waals surface area (Å²) < 4.78 is 5.39. The Morgan fingerprint density at radius 2 is 2.15 bits per heavy atom. The number of ether oxygens (including phenoxy) is 1. The van der Waals surface area contributed by atoms with Gasteiger partial charge in [0.25, 0.3) is 0 Å². The van der Waals surface area contributed by atoms with Gasteiger partial charge in [-0.1, -0.05) is 31.6 Å². The average molecular weight is 297 g/mol. The predicted molar refractivity (Wildman–Crippen MR) is 85.8 cm³/mol. The fraction of sp³-hybridized carbons (Fsp3) is 0.800. The number of hydrogen-bond acceptors (Lipinski definition) is 5. The average Bonchev–Trinajstić information content (AvgIpc) is 3.00. The van der Waals surface area contributed by atoms with Crippen LogP contribution in [0.3, 0.4) is 0 Å². The Morgan fingerprint density at radius 1 is 1.40 bits per heavy atom. The van der Waals surface area contributed by atoms with Gasteiger partial charge in [-0.15, -0.1) is 0 Å². The van der Waals surface area contributed by atoms with Gasteiger partial charge in [-0.2, -0.15) is 4.98 Å². The van der Waals surface area contributed by atoms with Crippen LogP contribution in [0.4, 0.5) is 5.13 Å². The molecule has 0 radical (unpaired) electrons. The molecule has 1 fully saturated rings. The highest BCUT2D eigenvalue weighted by atomic mass is 32.1. The molecule has 1 heterocycles. The van der Waals surface area contributed by atoms with E-state index >= 15 is 0 Å². The van der Waals surface area contributed by atoms with Crippen LogP contribution in [0.15, 0.2) is 0 Å². The molecular formula is C15H27N3OS. The fourth-order valence-electron chi connectivity index (χ4n) is 3.12. The highest BCUT2D eigenvalue weighted by Gasteiger charge is 2.31. The first kappa shape index (κ1) is 15.6. The molecule has 0 spiro atoms. The molecule has 0 saturated heterocycles. The third-order valence-corrected chi connectivity index (χ3v) is 5.71. The van der Waals surface area contributed by atoms with Crippen molar-refractivity contribution in [2.24, 2.45) is 11.8 Å². The first-order valence-electron chi connectivity index (χ1n) is 7.51. The van der Waals surface area contributed by atoms with Crippen LogP contribution in [0.1, 0.15) is 38.0 Å². The molecular weight excluding hydrogens is 270 g/mol. The van der Waals surface area contributed by atoms with Gasteiger partial charge in [0, 0.05) is 26.7 Å². The van der Waals surface area contributed by atoms with E-state index in [-0.39, 0.29) is 0 Å². The Kier molecular flexibility index (Phi) is 5.27. The van der Waals surface area contributed by atoms with Gasteiger partial charge < -0.3 is 15.0 Å². The Bertz CT molecular complexity index is 433. The van der Waals surface area contributed by atoms with Gasteiger partial charge in [0.15, 0.2) is 5.13 Å². The van der Waals surface area contributed by atoms with Gasteiger partial charge in [0.2, 0.25) is 5.88 Å². The molecule has 1 saturated carbocycles. The second-order valence-corrected chi connectivity index (χ2v) is 6.98. The number of rotatable bonds is 6. The van der Waals surface area contributed by atoms with Crippen LogP contribution in [-0.2, 0) is 6.54 Å². The highest BCUT2D eigenvalue weighted by molar-refractivity contribution is 7.15. The normalized spacial score (nSPS) is 25.9. The molecule has 1 aromatic rings. The third kappa shape index (κ3) is 3.26. The number of hydrogen-bond donors (Lipinski definition) is 1. The van der Waals surface area contributed by atoms with E-state index in [2.05, 4.69) is 24.1 Å². The maximum atomic E-state index is 5.39. The van der Waals surface area contributed by atoms with Crippen LogP contribution >= 0.6 is 11.3 Å². The summed E-state index contributed by atoms with van der Waals surface area (Å²) in [6.45, 7) is 5.55. The van der Waals surface area contributed by atoms with E-state index in [1.54, 1.807) is 18.4 Å². The van der Waals surface area contributed by atoms with Crippen molar-refractivity contribution in [1.82, 2.24) is 10.3 Å². The number of nitrogens with one attached hydrogen (secondary N) is 1.